The molecule has 0 aliphatic carbocycles. The molecule has 0 aromatic carbocycles. The Hall–Kier alpha value is -0.0800. The van der Waals surface area contributed by atoms with Gasteiger partial charge in [0, 0.05) is 6.61 Å². The van der Waals surface area contributed by atoms with Crippen LogP contribution >= 0.6 is 0 Å². The minimum atomic E-state index is -0.124. The molecule has 0 aromatic heterocycles. The fourth-order valence-corrected chi connectivity index (χ4v) is 1.27. The first-order chi connectivity index (χ1) is 4.70. The molecule has 0 amide bonds. The zero-order valence-corrected chi connectivity index (χ0v) is 6.71. The smallest absolute Gasteiger partial charge is 0.0622 e. The van der Waals surface area contributed by atoms with Crippen LogP contribution in [0.1, 0.15) is 26.7 Å². The highest BCUT2D eigenvalue weighted by Crippen LogP contribution is 2.19. The van der Waals surface area contributed by atoms with Crippen molar-refractivity contribution in [1.82, 2.24) is 0 Å². The highest BCUT2D eigenvalue weighted by Gasteiger charge is 2.22. The van der Waals surface area contributed by atoms with E-state index in [-0.39, 0.29) is 12.2 Å². The maximum Gasteiger partial charge on any atom is 0.0622 e. The third-order valence-electron chi connectivity index (χ3n) is 2.03. The normalized spacial score (nSPS) is 34.8. The van der Waals surface area contributed by atoms with Crippen molar-refractivity contribution in [1.29, 1.82) is 0 Å². The lowest BCUT2D eigenvalue weighted by Crippen LogP contribution is -2.32. The lowest BCUT2D eigenvalue weighted by atomic mass is 9.97. The molecule has 2 heteroatoms. The Balaban J connectivity index is 2.32. The summed E-state index contributed by atoms with van der Waals surface area (Å²) in [5.74, 6) is 0.537. The minimum absolute atomic E-state index is 0.124. The van der Waals surface area contributed by atoms with E-state index in [1.165, 1.54) is 0 Å². The van der Waals surface area contributed by atoms with E-state index in [1.54, 1.807) is 0 Å². The molecule has 0 spiro atoms. The summed E-state index contributed by atoms with van der Waals surface area (Å²) in [6.07, 6.45) is 1.78. The summed E-state index contributed by atoms with van der Waals surface area (Å²) < 4.78 is 5.45. The predicted molar refractivity (Wildman–Crippen MR) is 39.8 cm³/mol. The number of aliphatic hydroxyl groups excluding tert-OH is 1. The first kappa shape index (κ1) is 8.02. The first-order valence-corrected chi connectivity index (χ1v) is 4.00. The van der Waals surface area contributed by atoms with E-state index in [0.29, 0.717) is 5.92 Å². The zero-order chi connectivity index (χ0) is 7.56. The SMILES string of the molecule is CC(C)C1C[C@@H](O)CCO1. The molecule has 1 heterocycles. The van der Waals surface area contributed by atoms with E-state index in [9.17, 15) is 5.11 Å². The molecule has 0 radical (unpaired) electrons. The molecule has 1 aliphatic rings. The topological polar surface area (TPSA) is 29.5 Å². The van der Waals surface area contributed by atoms with E-state index in [4.69, 9.17) is 4.74 Å². The van der Waals surface area contributed by atoms with Crippen molar-refractivity contribution in [3.05, 3.63) is 0 Å². The Morgan fingerprint density at radius 3 is 2.60 bits per heavy atom. The Kier molecular flexibility index (Phi) is 2.69. The second-order valence-corrected chi connectivity index (χ2v) is 3.33. The highest BCUT2D eigenvalue weighted by molar-refractivity contribution is 4.72. The monoisotopic (exact) mass is 144 g/mol. The van der Waals surface area contributed by atoms with Gasteiger partial charge in [-0.25, -0.2) is 0 Å². The number of hydrogen-bond donors (Lipinski definition) is 1. The van der Waals surface area contributed by atoms with Gasteiger partial charge < -0.3 is 9.84 Å². The van der Waals surface area contributed by atoms with Crippen LogP contribution in [0.3, 0.4) is 0 Å². The van der Waals surface area contributed by atoms with Gasteiger partial charge in [0.15, 0.2) is 0 Å². The van der Waals surface area contributed by atoms with Crippen molar-refractivity contribution in [2.45, 2.75) is 38.9 Å². The van der Waals surface area contributed by atoms with E-state index in [0.717, 1.165) is 19.4 Å². The molecular formula is C8H16O2. The number of ether oxygens (including phenoxy) is 1. The van der Waals surface area contributed by atoms with Gasteiger partial charge in [0.25, 0.3) is 0 Å². The maximum absolute atomic E-state index is 9.25. The molecule has 60 valence electrons. The van der Waals surface area contributed by atoms with Crippen LogP contribution in [0.25, 0.3) is 0 Å². The molecule has 2 atom stereocenters. The van der Waals surface area contributed by atoms with E-state index in [2.05, 4.69) is 13.8 Å². The third kappa shape index (κ3) is 1.96. The first-order valence-electron chi connectivity index (χ1n) is 4.00. The van der Waals surface area contributed by atoms with E-state index < -0.39 is 0 Å². The summed E-state index contributed by atoms with van der Waals surface area (Å²) in [7, 11) is 0. The molecule has 2 nitrogen and oxygen atoms in total. The van der Waals surface area contributed by atoms with Crippen molar-refractivity contribution in [3.63, 3.8) is 0 Å². The van der Waals surface area contributed by atoms with Crippen molar-refractivity contribution < 1.29 is 9.84 Å². The quantitative estimate of drug-likeness (QED) is 0.599. The fourth-order valence-electron chi connectivity index (χ4n) is 1.27. The Labute approximate surface area is 62.2 Å². The number of hydrogen-bond acceptors (Lipinski definition) is 2. The van der Waals surface area contributed by atoms with Gasteiger partial charge in [0.05, 0.1) is 12.2 Å². The van der Waals surface area contributed by atoms with Gasteiger partial charge in [-0.3, -0.25) is 0 Å². The lowest BCUT2D eigenvalue weighted by Gasteiger charge is -2.29. The van der Waals surface area contributed by atoms with Crippen LogP contribution in [0, 0.1) is 5.92 Å². The fraction of sp³-hybridized carbons (Fsp3) is 1.00. The number of rotatable bonds is 1. The van der Waals surface area contributed by atoms with Gasteiger partial charge in [-0.05, 0) is 18.8 Å². The molecule has 1 rings (SSSR count). The third-order valence-corrected chi connectivity index (χ3v) is 2.03. The second-order valence-electron chi connectivity index (χ2n) is 3.33. The van der Waals surface area contributed by atoms with E-state index in [1.807, 2.05) is 0 Å². The maximum atomic E-state index is 9.25. The lowest BCUT2D eigenvalue weighted by molar-refractivity contribution is -0.0627. The summed E-state index contributed by atoms with van der Waals surface area (Å²) in [4.78, 5) is 0. The summed E-state index contributed by atoms with van der Waals surface area (Å²) in [6, 6.07) is 0. The Morgan fingerprint density at radius 1 is 1.50 bits per heavy atom. The molecule has 0 saturated carbocycles. The Bertz CT molecular complexity index is 101. The summed E-state index contributed by atoms with van der Waals surface area (Å²) in [5, 5.41) is 9.25. The van der Waals surface area contributed by atoms with Crippen LogP contribution in [0.15, 0.2) is 0 Å². The largest absolute Gasteiger partial charge is 0.393 e. The van der Waals surface area contributed by atoms with Gasteiger partial charge in [0.2, 0.25) is 0 Å². The second kappa shape index (κ2) is 3.35. The van der Waals surface area contributed by atoms with Crippen LogP contribution in [0.2, 0.25) is 0 Å². The van der Waals surface area contributed by atoms with Crippen LogP contribution in [-0.2, 0) is 4.74 Å². The molecule has 1 N–H and O–H groups in total. The summed E-state index contributed by atoms with van der Waals surface area (Å²) >= 11 is 0. The summed E-state index contributed by atoms with van der Waals surface area (Å²) in [5.41, 5.74) is 0. The molecule has 0 aromatic rings. The number of aliphatic hydroxyl groups is 1. The molecule has 1 aliphatic heterocycles. The predicted octanol–water partition coefficient (Wildman–Crippen LogP) is 1.18. The zero-order valence-electron chi connectivity index (χ0n) is 6.71. The average Bonchev–Trinajstić information content (AvgIpc) is 1.88. The van der Waals surface area contributed by atoms with Gasteiger partial charge in [-0.15, -0.1) is 0 Å². The average molecular weight is 144 g/mol. The van der Waals surface area contributed by atoms with Gasteiger partial charge in [-0.1, -0.05) is 13.8 Å². The Morgan fingerprint density at radius 2 is 2.20 bits per heavy atom. The molecule has 1 saturated heterocycles. The molecular weight excluding hydrogens is 128 g/mol. The van der Waals surface area contributed by atoms with Crippen molar-refractivity contribution in [2.24, 2.45) is 5.92 Å². The summed E-state index contributed by atoms with van der Waals surface area (Å²) in [6.45, 7) is 4.98. The van der Waals surface area contributed by atoms with Crippen molar-refractivity contribution >= 4 is 0 Å². The molecule has 1 fully saturated rings. The van der Waals surface area contributed by atoms with Gasteiger partial charge in [0.1, 0.15) is 0 Å². The molecule has 1 unspecified atom stereocenters. The van der Waals surface area contributed by atoms with E-state index >= 15 is 0 Å². The van der Waals surface area contributed by atoms with Crippen LogP contribution in [-0.4, -0.2) is 23.9 Å². The van der Waals surface area contributed by atoms with Gasteiger partial charge in [-0.2, -0.15) is 0 Å². The molecule has 0 bridgehead atoms. The standard InChI is InChI=1S/C8H16O2/c1-6(2)8-5-7(9)3-4-10-8/h6-9H,3-5H2,1-2H3/t7-,8?/m0/s1. The molecule has 10 heavy (non-hydrogen) atoms. The van der Waals surface area contributed by atoms with Gasteiger partial charge >= 0.3 is 0 Å². The highest BCUT2D eigenvalue weighted by atomic mass is 16.5. The van der Waals surface area contributed by atoms with Crippen LogP contribution in [0.5, 0.6) is 0 Å². The van der Waals surface area contributed by atoms with Crippen LogP contribution < -0.4 is 0 Å². The van der Waals surface area contributed by atoms with Crippen molar-refractivity contribution in [3.8, 4) is 0 Å². The minimum Gasteiger partial charge on any atom is -0.393 e. The van der Waals surface area contributed by atoms with Crippen LogP contribution in [0.4, 0.5) is 0 Å². The van der Waals surface area contributed by atoms with Crippen molar-refractivity contribution in [2.75, 3.05) is 6.61 Å².